The SMILES string of the molecule is CCCCOc1ccc(/C=C/C(=O)Nc2sc3c(c2C(N)=O)CCC3)cc1. The number of rotatable bonds is 8. The van der Waals surface area contributed by atoms with Crippen LogP contribution >= 0.6 is 11.3 Å². The second-order valence-corrected chi connectivity index (χ2v) is 7.62. The van der Waals surface area contributed by atoms with Crippen LogP contribution < -0.4 is 15.8 Å². The van der Waals surface area contributed by atoms with Crippen LogP contribution in [0.25, 0.3) is 6.08 Å². The fraction of sp³-hybridized carbons (Fsp3) is 0.333. The number of ether oxygens (including phenoxy) is 1. The summed E-state index contributed by atoms with van der Waals surface area (Å²) in [6.07, 6.45) is 8.15. The fourth-order valence-electron chi connectivity index (χ4n) is 3.09. The lowest BCUT2D eigenvalue weighted by atomic mass is 10.1. The van der Waals surface area contributed by atoms with Crippen molar-refractivity contribution in [2.45, 2.75) is 39.0 Å². The molecule has 1 heterocycles. The van der Waals surface area contributed by atoms with Crippen molar-refractivity contribution >= 4 is 34.2 Å². The van der Waals surface area contributed by atoms with E-state index in [1.165, 1.54) is 17.4 Å². The van der Waals surface area contributed by atoms with Crippen molar-refractivity contribution in [1.82, 2.24) is 0 Å². The molecule has 27 heavy (non-hydrogen) atoms. The molecule has 0 saturated carbocycles. The van der Waals surface area contributed by atoms with Gasteiger partial charge in [-0.2, -0.15) is 0 Å². The van der Waals surface area contributed by atoms with E-state index in [0.717, 1.165) is 53.9 Å². The summed E-state index contributed by atoms with van der Waals surface area (Å²) < 4.78 is 5.63. The molecule has 5 nitrogen and oxygen atoms in total. The summed E-state index contributed by atoms with van der Waals surface area (Å²) in [5.41, 5.74) is 7.90. The molecule has 142 valence electrons. The van der Waals surface area contributed by atoms with Gasteiger partial charge in [-0.15, -0.1) is 11.3 Å². The molecule has 0 spiro atoms. The highest BCUT2D eigenvalue weighted by Gasteiger charge is 2.25. The summed E-state index contributed by atoms with van der Waals surface area (Å²) >= 11 is 1.46. The standard InChI is InChI=1S/C21H24N2O3S/c1-2-3-13-26-15-10-7-14(8-11-15)9-12-18(24)23-21-19(20(22)25)16-5-4-6-17(16)27-21/h7-12H,2-6,13H2,1H3,(H2,22,25)(H,23,24)/b12-9+. The molecule has 1 aromatic heterocycles. The van der Waals surface area contributed by atoms with E-state index in [1.807, 2.05) is 24.3 Å². The average Bonchev–Trinajstić information content (AvgIpc) is 3.21. The summed E-state index contributed by atoms with van der Waals surface area (Å²) in [7, 11) is 0. The molecule has 2 aromatic rings. The predicted octanol–water partition coefficient (Wildman–Crippen LogP) is 4.17. The zero-order chi connectivity index (χ0) is 19.2. The Bertz CT molecular complexity index is 853. The van der Waals surface area contributed by atoms with Crippen LogP contribution in [-0.4, -0.2) is 18.4 Å². The predicted molar refractivity (Wildman–Crippen MR) is 109 cm³/mol. The number of benzene rings is 1. The maximum Gasteiger partial charge on any atom is 0.251 e. The highest BCUT2D eigenvalue weighted by atomic mass is 32.1. The number of thiophene rings is 1. The minimum absolute atomic E-state index is 0.277. The number of hydrogen-bond acceptors (Lipinski definition) is 4. The van der Waals surface area contributed by atoms with E-state index in [1.54, 1.807) is 6.08 Å². The minimum Gasteiger partial charge on any atom is -0.494 e. The Hall–Kier alpha value is -2.60. The Morgan fingerprint density at radius 2 is 2.04 bits per heavy atom. The highest BCUT2D eigenvalue weighted by molar-refractivity contribution is 7.17. The van der Waals surface area contributed by atoms with Gasteiger partial charge in [0.2, 0.25) is 5.91 Å². The molecular weight excluding hydrogens is 360 g/mol. The molecule has 0 fully saturated rings. The van der Waals surface area contributed by atoms with Crippen molar-refractivity contribution in [3.63, 3.8) is 0 Å². The molecule has 1 aliphatic rings. The lowest BCUT2D eigenvalue weighted by Gasteiger charge is -2.05. The van der Waals surface area contributed by atoms with Crippen molar-refractivity contribution in [3.05, 3.63) is 51.9 Å². The summed E-state index contributed by atoms with van der Waals surface area (Å²) in [6, 6.07) is 7.59. The Labute approximate surface area is 163 Å². The number of primary amides is 1. The number of carbonyl (C=O) groups excluding carboxylic acids is 2. The molecular formula is C21H24N2O3S. The van der Waals surface area contributed by atoms with E-state index in [9.17, 15) is 9.59 Å². The maximum absolute atomic E-state index is 12.3. The van der Waals surface area contributed by atoms with E-state index in [2.05, 4.69) is 12.2 Å². The van der Waals surface area contributed by atoms with Gasteiger partial charge in [0.25, 0.3) is 5.91 Å². The zero-order valence-corrected chi connectivity index (χ0v) is 16.2. The first-order valence-corrected chi connectivity index (χ1v) is 10.1. The van der Waals surface area contributed by atoms with Crippen molar-refractivity contribution < 1.29 is 14.3 Å². The Morgan fingerprint density at radius 3 is 2.74 bits per heavy atom. The highest BCUT2D eigenvalue weighted by Crippen LogP contribution is 2.38. The number of fused-ring (bicyclic) bond motifs is 1. The van der Waals surface area contributed by atoms with E-state index in [0.29, 0.717) is 17.2 Å². The first kappa shape index (κ1) is 19.2. The van der Waals surface area contributed by atoms with Crippen LogP contribution in [0.15, 0.2) is 30.3 Å². The second kappa shape index (κ2) is 8.86. The lowest BCUT2D eigenvalue weighted by molar-refractivity contribution is -0.111. The van der Waals surface area contributed by atoms with E-state index >= 15 is 0 Å². The number of aryl methyl sites for hydroxylation is 1. The Kier molecular flexibility index (Phi) is 6.29. The molecule has 2 amide bonds. The van der Waals surface area contributed by atoms with E-state index in [4.69, 9.17) is 10.5 Å². The number of carbonyl (C=O) groups is 2. The van der Waals surface area contributed by atoms with Gasteiger partial charge in [0, 0.05) is 11.0 Å². The van der Waals surface area contributed by atoms with Gasteiger partial charge in [-0.05, 0) is 55.0 Å². The molecule has 3 N–H and O–H groups in total. The largest absolute Gasteiger partial charge is 0.494 e. The molecule has 6 heteroatoms. The van der Waals surface area contributed by atoms with Gasteiger partial charge in [0.15, 0.2) is 0 Å². The molecule has 1 aromatic carbocycles. The van der Waals surface area contributed by atoms with E-state index in [-0.39, 0.29) is 5.91 Å². The maximum atomic E-state index is 12.3. The minimum atomic E-state index is -0.479. The first-order valence-electron chi connectivity index (χ1n) is 9.24. The summed E-state index contributed by atoms with van der Waals surface area (Å²) in [4.78, 5) is 25.2. The van der Waals surface area contributed by atoms with Gasteiger partial charge < -0.3 is 15.8 Å². The van der Waals surface area contributed by atoms with Gasteiger partial charge in [-0.1, -0.05) is 25.5 Å². The zero-order valence-electron chi connectivity index (χ0n) is 15.4. The number of hydrogen-bond donors (Lipinski definition) is 2. The summed E-state index contributed by atoms with van der Waals surface area (Å²) in [5.74, 6) is 0.0669. The van der Waals surface area contributed by atoms with Crippen LogP contribution in [0.2, 0.25) is 0 Å². The van der Waals surface area contributed by atoms with Crippen LogP contribution in [0.5, 0.6) is 5.75 Å². The second-order valence-electron chi connectivity index (χ2n) is 6.52. The molecule has 0 aliphatic heterocycles. The number of anilines is 1. The first-order chi connectivity index (χ1) is 13.1. The lowest BCUT2D eigenvalue weighted by Crippen LogP contribution is -2.16. The van der Waals surface area contributed by atoms with Crippen LogP contribution in [0.4, 0.5) is 5.00 Å². The summed E-state index contributed by atoms with van der Waals surface area (Å²) in [6.45, 7) is 2.83. The van der Waals surface area contributed by atoms with Crippen LogP contribution in [0.3, 0.4) is 0 Å². The van der Waals surface area contributed by atoms with Crippen LogP contribution in [0, 0.1) is 0 Å². The Balaban J connectivity index is 1.62. The quantitative estimate of drug-likeness (QED) is 0.529. The van der Waals surface area contributed by atoms with Gasteiger partial charge in [0.05, 0.1) is 12.2 Å². The number of unbranched alkanes of at least 4 members (excludes halogenated alkanes) is 1. The fourth-order valence-corrected chi connectivity index (χ4v) is 4.39. The van der Waals surface area contributed by atoms with Crippen molar-refractivity contribution in [3.8, 4) is 5.75 Å². The smallest absolute Gasteiger partial charge is 0.251 e. The molecule has 1 aliphatic carbocycles. The summed E-state index contributed by atoms with van der Waals surface area (Å²) in [5, 5.41) is 3.36. The molecule has 0 radical (unpaired) electrons. The average molecular weight is 385 g/mol. The number of amides is 2. The van der Waals surface area contributed by atoms with Crippen LogP contribution in [0.1, 0.15) is 52.5 Å². The number of nitrogens with two attached hydrogens (primary N) is 1. The third-order valence-electron chi connectivity index (χ3n) is 4.48. The molecule has 0 atom stereocenters. The normalized spacial score (nSPS) is 12.9. The van der Waals surface area contributed by atoms with Crippen molar-refractivity contribution in [2.75, 3.05) is 11.9 Å². The molecule has 0 unspecified atom stereocenters. The van der Waals surface area contributed by atoms with Crippen molar-refractivity contribution in [1.29, 1.82) is 0 Å². The van der Waals surface area contributed by atoms with Gasteiger partial charge in [0.1, 0.15) is 10.8 Å². The number of nitrogens with one attached hydrogen (secondary N) is 1. The third kappa shape index (κ3) is 4.77. The van der Waals surface area contributed by atoms with Gasteiger partial charge in [-0.25, -0.2) is 0 Å². The molecule has 0 saturated heterocycles. The van der Waals surface area contributed by atoms with Crippen molar-refractivity contribution in [2.24, 2.45) is 5.73 Å². The van der Waals surface area contributed by atoms with Crippen LogP contribution in [-0.2, 0) is 17.6 Å². The van der Waals surface area contributed by atoms with E-state index < -0.39 is 5.91 Å². The molecule has 3 rings (SSSR count). The molecule has 0 bridgehead atoms. The van der Waals surface area contributed by atoms with Gasteiger partial charge in [-0.3, -0.25) is 9.59 Å². The Morgan fingerprint density at radius 1 is 1.26 bits per heavy atom. The third-order valence-corrected chi connectivity index (χ3v) is 5.69. The monoisotopic (exact) mass is 384 g/mol. The topological polar surface area (TPSA) is 81.4 Å². The van der Waals surface area contributed by atoms with Gasteiger partial charge >= 0.3 is 0 Å².